The second-order valence-electron chi connectivity index (χ2n) is 7.48. The van der Waals surface area contributed by atoms with Crippen molar-refractivity contribution >= 4 is 11.7 Å². The van der Waals surface area contributed by atoms with Gasteiger partial charge in [0.15, 0.2) is 0 Å². The minimum Gasteiger partial charge on any atom is -0.421 e. The first-order valence-electron chi connectivity index (χ1n) is 8.75. The molecule has 3 aromatic rings. The van der Waals surface area contributed by atoms with E-state index in [0.29, 0.717) is 24.0 Å². The Morgan fingerprint density at radius 3 is 2.52 bits per heavy atom. The first kappa shape index (κ1) is 18.6. The van der Waals surface area contributed by atoms with Crippen molar-refractivity contribution in [3.63, 3.8) is 0 Å². The van der Waals surface area contributed by atoms with Gasteiger partial charge in [0.1, 0.15) is 0 Å². The largest absolute Gasteiger partial charge is 0.421 e. The van der Waals surface area contributed by atoms with Crippen LogP contribution in [0.4, 0.5) is 10.5 Å². The van der Waals surface area contributed by atoms with Gasteiger partial charge in [-0.05, 0) is 29.7 Å². The molecule has 3 rings (SSSR count). The van der Waals surface area contributed by atoms with Gasteiger partial charge in [-0.1, -0.05) is 20.8 Å². The highest BCUT2D eigenvalue weighted by Crippen LogP contribution is 2.22. The summed E-state index contributed by atoms with van der Waals surface area (Å²) < 4.78 is 7.36. The van der Waals surface area contributed by atoms with Crippen molar-refractivity contribution in [2.75, 3.05) is 5.32 Å². The van der Waals surface area contributed by atoms with Gasteiger partial charge in [0.2, 0.25) is 11.8 Å². The molecule has 8 heteroatoms. The second-order valence-corrected chi connectivity index (χ2v) is 7.48. The maximum absolute atomic E-state index is 12.5. The fourth-order valence-electron chi connectivity index (χ4n) is 2.58. The van der Waals surface area contributed by atoms with E-state index in [1.54, 1.807) is 31.6 Å². The van der Waals surface area contributed by atoms with E-state index < -0.39 is 0 Å². The predicted octanol–water partition coefficient (Wildman–Crippen LogP) is 3.48. The van der Waals surface area contributed by atoms with Gasteiger partial charge in [0, 0.05) is 37.1 Å². The number of hydrogen-bond donors (Lipinski definition) is 2. The molecule has 2 amide bonds. The third-order valence-corrected chi connectivity index (χ3v) is 4.22. The first-order valence-corrected chi connectivity index (χ1v) is 8.75. The van der Waals surface area contributed by atoms with Crippen LogP contribution in [0.1, 0.15) is 26.7 Å². The van der Waals surface area contributed by atoms with E-state index in [2.05, 4.69) is 46.6 Å². The lowest BCUT2D eigenvalue weighted by molar-refractivity contribution is 0.219. The van der Waals surface area contributed by atoms with Crippen molar-refractivity contribution in [1.29, 1.82) is 0 Å². The number of amides is 2. The summed E-state index contributed by atoms with van der Waals surface area (Å²) in [5.74, 6) is 0.967. The van der Waals surface area contributed by atoms with Gasteiger partial charge < -0.3 is 19.6 Å². The van der Waals surface area contributed by atoms with Crippen LogP contribution in [0, 0.1) is 12.3 Å². The van der Waals surface area contributed by atoms with Crippen LogP contribution in [0.3, 0.4) is 0 Å². The van der Waals surface area contributed by atoms with Crippen LogP contribution in [0.2, 0.25) is 0 Å². The molecule has 0 radical (unpaired) electrons. The Hall–Kier alpha value is -3.16. The molecule has 0 spiro atoms. The summed E-state index contributed by atoms with van der Waals surface area (Å²) in [6.45, 7) is 8.67. The number of rotatable bonds is 5. The van der Waals surface area contributed by atoms with Crippen molar-refractivity contribution < 1.29 is 9.21 Å². The normalized spacial score (nSPS) is 12.6. The number of nitrogens with zero attached hydrogens (tertiary/aromatic N) is 4. The molecule has 0 saturated heterocycles. The average molecular weight is 368 g/mol. The van der Waals surface area contributed by atoms with E-state index in [9.17, 15) is 4.79 Å². The molecule has 0 aliphatic carbocycles. The number of anilines is 1. The number of aryl methyl sites for hydroxylation is 1. The fraction of sp³-hybridized carbons (Fsp3) is 0.368. The molecule has 2 N–H and O–H groups in total. The number of hydrogen-bond acceptors (Lipinski definition) is 5. The van der Waals surface area contributed by atoms with Crippen molar-refractivity contribution in [2.45, 2.75) is 40.3 Å². The SMILES string of the molecule is Cc1nnc(-c2ccc(NC(=O)NC(Cn3ccnc3)C(C)(C)C)cc2)o1. The number of urea groups is 1. The molecule has 0 bridgehead atoms. The van der Waals surface area contributed by atoms with E-state index in [-0.39, 0.29) is 17.5 Å². The molecule has 8 nitrogen and oxygen atoms in total. The zero-order chi connectivity index (χ0) is 19.4. The molecule has 0 aliphatic heterocycles. The number of imidazole rings is 1. The maximum Gasteiger partial charge on any atom is 0.319 e. The van der Waals surface area contributed by atoms with Crippen LogP contribution in [-0.2, 0) is 6.54 Å². The van der Waals surface area contributed by atoms with Crippen molar-refractivity contribution in [2.24, 2.45) is 5.41 Å². The van der Waals surface area contributed by atoms with Crippen LogP contribution in [0.15, 0.2) is 47.4 Å². The molecule has 2 heterocycles. The summed E-state index contributed by atoms with van der Waals surface area (Å²) in [4.78, 5) is 16.5. The Bertz CT molecular complexity index is 878. The van der Waals surface area contributed by atoms with Gasteiger partial charge in [-0.15, -0.1) is 10.2 Å². The quantitative estimate of drug-likeness (QED) is 0.718. The smallest absolute Gasteiger partial charge is 0.319 e. The zero-order valence-corrected chi connectivity index (χ0v) is 15.9. The molecule has 1 aromatic carbocycles. The van der Waals surface area contributed by atoms with Crippen molar-refractivity contribution in [3.8, 4) is 11.5 Å². The monoisotopic (exact) mass is 368 g/mol. The highest BCUT2D eigenvalue weighted by Gasteiger charge is 2.26. The molecule has 27 heavy (non-hydrogen) atoms. The summed E-state index contributed by atoms with van der Waals surface area (Å²) in [5.41, 5.74) is 1.37. The molecular formula is C19H24N6O2. The first-order chi connectivity index (χ1) is 12.8. The predicted molar refractivity (Wildman–Crippen MR) is 102 cm³/mol. The van der Waals surface area contributed by atoms with E-state index in [0.717, 1.165) is 5.56 Å². The third-order valence-electron chi connectivity index (χ3n) is 4.22. The van der Waals surface area contributed by atoms with Gasteiger partial charge >= 0.3 is 6.03 Å². The maximum atomic E-state index is 12.5. The molecule has 1 atom stereocenters. The summed E-state index contributed by atoms with van der Waals surface area (Å²) >= 11 is 0. The van der Waals surface area contributed by atoms with Gasteiger partial charge in [0.25, 0.3) is 0 Å². The highest BCUT2D eigenvalue weighted by molar-refractivity contribution is 5.89. The van der Waals surface area contributed by atoms with Crippen LogP contribution >= 0.6 is 0 Å². The fourth-order valence-corrected chi connectivity index (χ4v) is 2.58. The molecule has 142 valence electrons. The van der Waals surface area contributed by atoms with E-state index in [1.807, 2.05) is 22.9 Å². The third kappa shape index (κ3) is 4.93. The van der Waals surface area contributed by atoms with Crippen LogP contribution in [0.25, 0.3) is 11.5 Å². The summed E-state index contributed by atoms with van der Waals surface area (Å²) in [7, 11) is 0. The Morgan fingerprint density at radius 2 is 1.96 bits per heavy atom. The lowest BCUT2D eigenvalue weighted by atomic mass is 9.86. The minimum atomic E-state index is -0.253. The summed E-state index contributed by atoms with van der Waals surface area (Å²) in [6.07, 6.45) is 5.36. The van der Waals surface area contributed by atoms with Crippen LogP contribution < -0.4 is 10.6 Å². The van der Waals surface area contributed by atoms with Crippen molar-refractivity contribution in [3.05, 3.63) is 48.9 Å². The number of aromatic nitrogens is 4. The Kier molecular flexibility index (Phi) is 5.25. The van der Waals surface area contributed by atoms with Gasteiger partial charge in [-0.2, -0.15) is 0 Å². The average Bonchev–Trinajstić information content (AvgIpc) is 3.26. The molecule has 2 aromatic heterocycles. The Balaban J connectivity index is 1.63. The van der Waals surface area contributed by atoms with E-state index in [4.69, 9.17) is 4.42 Å². The number of nitrogens with one attached hydrogen (secondary N) is 2. The zero-order valence-electron chi connectivity index (χ0n) is 15.9. The summed E-state index contributed by atoms with van der Waals surface area (Å²) in [6, 6.07) is 6.95. The lowest BCUT2D eigenvalue weighted by Crippen LogP contribution is -2.47. The number of carbonyl (C=O) groups excluding carboxylic acids is 1. The standard InChI is InChI=1S/C19H24N6O2/c1-13-23-24-17(27-13)14-5-7-15(8-6-14)21-18(26)22-16(19(2,3)4)11-25-10-9-20-12-25/h5-10,12,16H,11H2,1-4H3,(H2,21,22,26). The van der Waals surface area contributed by atoms with Crippen LogP contribution in [0.5, 0.6) is 0 Å². The Labute approximate surface area is 158 Å². The molecule has 0 fully saturated rings. The minimum absolute atomic E-state index is 0.0626. The van der Waals surface area contributed by atoms with Gasteiger partial charge in [0.05, 0.1) is 12.4 Å². The topological polar surface area (TPSA) is 97.9 Å². The number of carbonyl (C=O) groups is 1. The molecular weight excluding hydrogens is 344 g/mol. The highest BCUT2D eigenvalue weighted by atomic mass is 16.4. The molecule has 1 unspecified atom stereocenters. The summed E-state index contributed by atoms with van der Waals surface area (Å²) in [5, 5.41) is 13.7. The Morgan fingerprint density at radius 1 is 1.22 bits per heavy atom. The van der Waals surface area contributed by atoms with E-state index in [1.165, 1.54) is 0 Å². The van der Waals surface area contributed by atoms with Gasteiger partial charge in [-0.25, -0.2) is 9.78 Å². The van der Waals surface area contributed by atoms with Crippen LogP contribution in [-0.4, -0.2) is 31.8 Å². The van der Waals surface area contributed by atoms with Gasteiger partial charge in [-0.3, -0.25) is 0 Å². The number of benzene rings is 1. The second kappa shape index (κ2) is 7.61. The van der Waals surface area contributed by atoms with E-state index >= 15 is 0 Å². The van der Waals surface area contributed by atoms with Crippen molar-refractivity contribution in [1.82, 2.24) is 25.1 Å². The lowest BCUT2D eigenvalue weighted by Gasteiger charge is -2.31. The molecule has 0 saturated carbocycles. The molecule has 0 aliphatic rings.